The van der Waals surface area contributed by atoms with Gasteiger partial charge in [-0.25, -0.2) is 0 Å². The first-order chi connectivity index (χ1) is 9.56. The van der Waals surface area contributed by atoms with Crippen LogP contribution < -0.4 is 11.5 Å². The fourth-order valence-electron chi connectivity index (χ4n) is 2.04. The van der Waals surface area contributed by atoms with E-state index in [4.69, 9.17) is 16.2 Å². The molecular formula is C11H18N6O3. The van der Waals surface area contributed by atoms with E-state index in [1.807, 2.05) is 0 Å². The van der Waals surface area contributed by atoms with Crippen molar-refractivity contribution in [1.29, 1.82) is 0 Å². The molecule has 0 saturated carbocycles. The standard InChI is InChI=1S/C11H18N6O3/c1-19-9(18)4-7-5-17(2-3-20-7)6-8-14-10(12)16-11(13)15-8/h7H,2-6H2,1H3,(H4,12,13,14,15,16). The van der Waals surface area contributed by atoms with E-state index in [1.54, 1.807) is 0 Å². The molecule has 1 fully saturated rings. The minimum absolute atomic E-state index is 0.104. The molecule has 1 atom stereocenters. The molecule has 1 saturated heterocycles. The second-order valence-corrected chi connectivity index (χ2v) is 4.48. The monoisotopic (exact) mass is 282 g/mol. The number of morpholine rings is 1. The van der Waals surface area contributed by atoms with Crippen molar-refractivity contribution in [2.75, 3.05) is 38.3 Å². The van der Waals surface area contributed by atoms with Crippen LogP contribution in [0.3, 0.4) is 0 Å². The van der Waals surface area contributed by atoms with E-state index in [0.29, 0.717) is 25.5 Å². The number of hydrogen-bond donors (Lipinski definition) is 2. The molecular weight excluding hydrogens is 264 g/mol. The van der Waals surface area contributed by atoms with Crippen molar-refractivity contribution in [1.82, 2.24) is 19.9 Å². The van der Waals surface area contributed by atoms with E-state index >= 15 is 0 Å². The van der Waals surface area contributed by atoms with Crippen LogP contribution in [0.5, 0.6) is 0 Å². The molecule has 2 rings (SSSR count). The highest BCUT2D eigenvalue weighted by atomic mass is 16.5. The van der Waals surface area contributed by atoms with E-state index in [2.05, 4.69) is 24.6 Å². The number of nitrogen functional groups attached to an aromatic ring is 2. The molecule has 0 amide bonds. The van der Waals surface area contributed by atoms with Gasteiger partial charge < -0.3 is 20.9 Å². The van der Waals surface area contributed by atoms with E-state index in [0.717, 1.165) is 6.54 Å². The molecule has 1 aliphatic rings. The first kappa shape index (κ1) is 14.4. The van der Waals surface area contributed by atoms with Crippen LogP contribution in [0.2, 0.25) is 0 Å². The highest BCUT2D eigenvalue weighted by Crippen LogP contribution is 2.12. The minimum atomic E-state index is -0.287. The third-order valence-corrected chi connectivity index (χ3v) is 2.93. The first-order valence-corrected chi connectivity index (χ1v) is 6.23. The summed E-state index contributed by atoms with van der Waals surface area (Å²) in [5, 5.41) is 0. The van der Waals surface area contributed by atoms with Gasteiger partial charge in [0.15, 0.2) is 0 Å². The summed E-state index contributed by atoms with van der Waals surface area (Å²) in [4.78, 5) is 25.1. The van der Waals surface area contributed by atoms with Crippen LogP contribution in [0.25, 0.3) is 0 Å². The minimum Gasteiger partial charge on any atom is -0.469 e. The van der Waals surface area contributed by atoms with Crippen molar-refractivity contribution >= 4 is 17.9 Å². The molecule has 1 aliphatic heterocycles. The van der Waals surface area contributed by atoms with Gasteiger partial charge in [-0.15, -0.1) is 0 Å². The SMILES string of the molecule is COC(=O)CC1CN(Cc2nc(N)nc(N)n2)CCO1. The normalized spacial score (nSPS) is 19.8. The lowest BCUT2D eigenvalue weighted by Crippen LogP contribution is -2.43. The smallest absolute Gasteiger partial charge is 0.308 e. The van der Waals surface area contributed by atoms with Crippen LogP contribution in [-0.2, 0) is 20.8 Å². The topological polar surface area (TPSA) is 129 Å². The molecule has 0 bridgehead atoms. The number of carbonyl (C=O) groups is 1. The Hall–Kier alpha value is -2.00. The van der Waals surface area contributed by atoms with Gasteiger partial charge in [-0.3, -0.25) is 9.69 Å². The number of anilines is 2. The zero-order valence-corrected chi connectivity index (χ0v) is 11.3. The van der Waals surface area contributed by atoms with Crippen molar-refractivity contribution in [2.24, 2.45) is 0 Å². The second kappa shape index (κ2) is 6.44. The number of ether oxygens (including phenoxy) is 2. The van der Waals surface area contributed by atoms with E-state index in [9.17, 15) is 4.79 Å². The first-order valence-electron chi connectivity index (χ1n) is 6.23. The van der Waals surface area contributed by atoms with Crippen molar-refractivity contribution in [2.45, 2.75) is 19.1 Å². The van der Waals surface area contributed by atoms with Gasteiger partial charge in [0.25, 0.3) is 0 Å². The Bertz CT molecular complexity index is 463. The molecule has 0 aliphatic carbocycles. The fourth-order valence-corrected chi connectivity index (χ4v) is 2.04. The quantitative estimate of drug-likeness (QED) is 0.654. The molecule has 1 unspecified atom stereocenters. The number of esters is 1. The van der Waals surface area contributed by atoms with Gasteiger partial charge in [-0.1, -0.05) is 0 Å². The lowest BCUT2D eigenvalue weighted by molar-refractivity contribution is -0.145. The lowest BCUT2D eigenvalue weighted by atomic mass is 10.2. The molecule has 1 aromatic heterocycles. The number of methoxy groups -OCH3 is 1. The Kier molecular flexibility index (Phi) is 4.64. The van der Waals surface area contributed by atoms with Gasteiger partial charge >= 0.3 is 5.97 Å². The van der Waals surface area contributed by atoms with Crippen LogP contribution in [0.1, 0.15) is 12.2 Å². The highest BCUT2D eigenvalue weighted by molar-refractivity contribution is 5.69. The number of nitrogens with zero attached hydrogens (tertiary/aromatic N) is 4. The van der Waals surface area contributed by atoms with Crippen LogP contribution in [0, 0.1) is 0 Å². The predicted octanol–water partition coefficient (Wildman–Crippen LogP) is -1.20. The predicted molar refractivity (Wildman–Crippen MR) is 70.3 cm³/mol. The molecule has 20 heavy (non-hydrogen) atoms. The second-order valence-electron chi connectivity index (χ2n) is 4.48. The van der Waals surface area contributed by atoms with E-state index in [1.165, 1.54) is 7.11 Å². The van der Waals surface area contributed by atoms with Crippen molar-refractivity contribution < 1.29 is 14.3 Å². The molecule has 1 aromatic rings. The van der Waals surface area contributed by atoms with Gasteiger partial charge in [-0.05, 0) is 0 Å². The maximum absolute atomic E-state index is 11.2. The molecule has 110 valence electrons. The van der Waals surface area contributed by atoms with Gasteiger partial charge in [0.05, 0.1) is 32.8 Å². The van der Waals surface area contributed by atoms with E-state index < -0.39 is 0 Å². The van der Waals surface area contributed by atoms with Gasteiger partial charge in [0.2, 0.25) is 11.9 Å². The summed E-state index contributed by atoms with van der Waals surface area (Å²) in [6.07, 6.45) is 0.0433. The molecule has 2 heterocycles. The Labute approximate surface area is 116 Å². The average Bonchev–Trinajstić information content (AvgIpc) is 2.37. The number of aromatic nitrogens is 3. The molecule has 0 aromatic carbocycles. The number of hydrogen-bond acceptors (Lipinski definition) is 9. The summed E-state index contributed by atoms with van der Waals surface area (Å²) in [5.74, 6) is 0.429. The number of nitrogens with two attached hydrogens (primary N) is 2. The van der Waals surface area contributed by atoms with Crippen molar-refractivity contribution in [3.8, 4) is 0 Å². The van der Waals surface area contributed by atoms with Gasteiger partial charge in [-0.2, -0.15) is 15.0 Å². The molecule has 4 N–H and O–H groups in total. The summed E-state index contributed by atoms with van der Waals surface area (Å²) in [6, 6.07) is 0. The van der Waals surface area contributed by atoms with Crippen LogP contribution >= 0.6 is 0 Å². The summed E-state index contributed by atoms with van der Waals surface area (Å²) >= 11 is 0. The molecule has 0 radical (unpaired) electrons. The number of carbonyl (C=O) groups excluding carboxylic acids is 1. The molecule has 0 spiro atoms. The molecule has 9 heteroatoms. The van der Waals surface area contributed by atoms with Crippen LogP contribution in [0.4, 0.5) is 11.9 Å². The molecule has 9 nitrogen and oxygen atoms in total. The van der Waals surface area contributed by atoms with Crippen LogP contribution in [-0.4, -0.2) is 58.7 Å². The average molecular weight is 282 g/mol. The zero-order chi connectivity index (χ0) is 14.5. The summed E-state index contributed by atoms with van der Waals surface area (Å²) in [7, 11) is 1.36. The third-order valence-electron chi connectivity index (χ3n) is 2.93. The Morgan fingerprint density at radius 2 is 2.10 bits per heavy atom. The highest BCUT2D eigenvalue weighted by Gasteiger charge is 2.24. The third kappa shape index (κ3) is 4.00. The Morgan fingerprint density at radius 3 is 2.75 bits per heavy atom. The maximum atomic E-state index is 11.2. The van der Waals surface area contributed by atoms with Crippen LogP contribution in [0.15, 0.2) is 0 Å². The largest absolute Gasteiger partial charge is 0.469 e. The number of rotatable bonds is 4. The maximum Gasteiger partial charge on any atom is 0.308 e. The van der Waals surface area contributed by atoms with Crippen molar-refractivity contribution in [3.05, 3.63) is 5.82 Å². The van der Waals surface area contributed by atoms with Gasteiger partial charge in [0.1, 0.15) is 5.82 Å². The van der Waals surface area contributed by atoms with Crippen molar-refractivity contribution in [3.63, 3.8) is 0 Å². The Morgan fingerprint density at radius 1 is 1.40 bits per heavy atom. The van der Waals surface area contributed by atoms with E-state index in [-0.39, 0.29) is 30.4 Å². The van der Waals surface area contributed by atoms with Gasteiger partial charge in [0, 0.05) is 13.1 Å². The summed E-state index contributed by atoms with van der Waals surface area (Å²) in [6.45, 7) is 2.35. The zero-order valence-electron chi connectivity index (χ0n) is 11.3. The lowest BCUT2D eigenvalue weighted by Gasteiger charge is -2.31. The summed E-state index contributed by atoms with van der Waals surface area (Å²) < 4.78 is 10.2. The summed E-state index contributed by atoms with van der Waals surface area (Å²) in [5.41, 5.74) is 11.1. The Balaban J connectivity index is 1.93. The fraction of sp³-hybridized carbons (Fsp3) is 0.636.